The summed E-state index contributed by atoms with van der Waals surface area (Å²) in [4.78, 5) is 7.97. The molecule has 2 aromatic rings. The SMILES string of the molecule is N#CC(C#N)=C(C#N)Nc1ccc2ncncc2c1. The average molecular weight is 246 g/mol. The monoisotopic (exact) mass is 246 g/mol. The highest BCUT2D eigenvalue weighted by Crippen LogP contribution is 2.18. The Morgan fingerprint density at radius 2 is 1.89 bits per heavy atom. The quantitative estimate of drug-likeness (QED) is 0.810. The van der Waals surface area contributed by atoms with Crippen molar-refractivity contribution in [3.05, 3.63) is 42.0 Å². The molecule has 88 valence electrons. The van der Waals surface area contributed by atoms with Crippen LogP contribution in [0, 0.1) is 34.0 Å². The van der Waals surface area contributed by atoms with Gasteiger partial charge in [-0.05, 0) is 18.2 Å². The molecule has 19 heavy (non-hydrogen) atoms. The third-order valence-electron chi connectivity index (χ3n) is 2.36. The summed E-state index contributed by atoms with van der Waals surface area (Å²) < 4.78 is 0. The fourth-order valence-corrected chi connectivity index (χ4v) is 1.49. The Kier molecular flexibility index (Phi) is 3.34. The maximum absolute atomic E-state index is 8.94. The second-order valence-electron chi connectivity index (χ2n) is 3.51. The number of benzene rings is 1. The molecule has 6 nitrogen and oxygen atoms in total. The molecule has 0 unspecified atom stereocenters. The van der Waals surface area contributed by atoms with Crippen molar-refractivity contribution in [1.82, 2.24) is 9.97 Å². The van der Waals surface area contributed by atoms with Crippen molar-refractivity contribution < 1.29 is 0 Å². The van der Waals surface area contributed by atoms with Crippen molar-refractivity contribution in [2.24, 2.45) is 0 Å². The molecule has 0 spiro atoms. The van der Waals surface area contributed by atoms with Crippen LogP contribution >= 0.6 is 0 Å². The Hall–Kier alpha value is -3.43. The van der Waals surface area contributed by atoms with E-state index < -0.39 is 0 Å². The molecular formula is C13H6N6. The number of nitriles is 3. The molecular weight excluding hydrogens is 240 g/mol. The van der Waals surface area contributed by atoms with Gasteiger partial charge in [0.2, 0.25) is 0 Å². The number of rotatable bonds is 2. The van der Waals surface area contributed by atoms with E-state index in [-0.39, 0.29) is 11.3 Å². The normalized spacial score (nSPS) is 8.89. The van der Waals surface area contributed by atoms with Crippen LogP contribution in [-0.2, 0) is 0 Å². The van der Waals surface area contributed by atoms with Gasteiger partial charge in [0.15, 0.2) is 5.57 Å². The van der Waals surface area contributed by atoms with E-state index in [9.17, 15) is 0 Å². The molecule has 0 aliphatic heterocycles. The molecule has 0 saturated heterocycles. The first kappa shape index (κ1) is 12.0. The third-order valence-corrected chi connectivity index (χ3v) is 2.36. The summed E-state index contributed by atoms with van der Waals surface area (Å²) in [5.74, 6) is 0. The van der Waals surface area contributed by atoms with E-state index in [1.165, 1.54) is 6.33 Å². The topological polar surface area (TPSA) is 109 Å². The summed E-state index contributed by atoms with van der Waals surface area (Å²) in [5, 5.41) is 29.9. The van der Waals surface area contributed by atoms with Crippen molar-refractivity contribution in [1.29, 1.82) is 15.8 Å². The van der Waals surface area contributed by atoms with Crippen molar-refractivity contribution >= 4 is 16.6 Å². The van der Waals surface area contributed by atoms with Crippen LogP contribution in [0.5, 0.6) is 0 Å². The predicted octanol–water partition coefficient (Wildman–Crippen LogP) is 1.87. The van der Waals surface area contributed by atoms with Crippen molar-refractivity contribution in [2.75, 3.05) is 5.32 Å². The van der Waals surface area contributed by atoms with Crippen LogP contribution in [0.2, 0.25) is 0 Å². The van der Waals surface area contributed by atoms with Crippen molar-refractivity contribution in [3.8, 4) is 18.2 Å². The van der Waals surface area contributed by atoms with E-state index in [0.29, 0.717) is 5.69 Å². The standard InChI is InChI=1S/C13H6N6/c14-4-10(5-15)13(6-16)19-11-1-2-12-9(3-11)7-17-8-18-12/h1-3,7-8,19H. The van der Waals surface area contributed by atoms with E-state index in [2.05, 4.69) is 15.3 Å². The summed E-state index contributed by atoms with van der Waals surface area (Å²) in [5.41, 5.74) is 1.01. The van der Waals surface area contributed by atoms with Gasteiger partial charge in [-0.3, -0.25) is 0 Å². The van der Waals surface area contributed by atoms with Crippen molar-refractivity contribution in [3.63, 3.8) is 0 Å². The van der Waals surface area contributed by atoms with Gasteiger partial charge in [0.05, 0.1) is 5.52 Å². The molecule has 1 heterocycles. The molecule has 2 rings (SSSR count). The van der Waals surface area contributed by atoms with Gasteiger partial charge in [-0.1, -0.05) is 0 Å². The molecule has 0 amide bonds. The molecule has 0 fully saturated rings. The first-order valence-corrected chi connectivity index (χ1v) is 5.20. The molecule has 0 aliphatic rings. The van der Waals surface area contributed by atoms with Crippen molar-refractivity contribution in [2.45, 2.75) is 0 Å². The first-order chi connectivity index (χ1) is 9.28. The highest BCUT2D eigenvalue weighted by molar-refractivity contribution is 5.82. The molecule has 1 aromatic carbocycles. The summed E-state index contributed by atoms with van der Waals surface area (Å²) in [6.07, 6.45) is 3.08. The van der Waals surface area contributed by atoms with Gasteiger partial charge >= 0.3 is 0 Å². The van der Waals surface area contributed by atoms with Crippen LogP contribution in [0.15, 0.2) is 42.0 Å². The van der Waals surface area contributed by atoms with Gasteiger partial charge in [-0.25, -0.2) is 9.97 Å². The number of anilines is 1. The Bertz CT molecular complexity index is 769. The zero-order valence-electron chi connectivity index (χ0n) is 9.62. The maximum Gasteiger partial charge on any atom is 0.163 e. The van der Waals surface area contributed by atoms with E-state index in [4.69, 9.17) is 15.8 Å². The Labute approximate surface area is 108 Å². The second kappa shape index (κ2) is 5.27. The van der Waals surface area contributed by atoms with Crippen LogP contribution in [0.25, 0.3) is 10.9 Å². The van der Waals surface area contributed by atoms with Gasteiger partial charge in [-0.15, -0.1) is 0 Å². The molecule has 0 aliphatic carbocycles. The minimum absolute atomic E-state index is 0.0822. The Morgan fingerprint density at radius 3 is 2.58 bits per heavy atom. The summed E-state index contributed by atoms with van der Waals surface area (Å²) in [6.45, 7) is 0. The molecule has 0 saturated carbocycles. The Balaban J connectivity index is 2.42. The molecule has 0 atom stereocenters. The second-order valence-corrected chi connectivity index (χ2v) is 3.51. The van der Waals surface area contributed by atoms with Crippen LogP contribution in [0.3, 0.4) is 0 Å². The lowest BCUT2D eigenvalue weighted by molar-refractivity contribution is 1.22. The molecule has 6 heteroatoms. The van der Waals surface area contributed by atoms with Crippen LogP contribution in [0.1, 0.15) is 0 Å². The van der Waals surface area contributed by atoms with Crippen LogP contribution in [0.4, 0.5) is 5.69 Å². The van der Waals surface area contributed by atoms with E-state index >= 15 is 0 Å². The molecule has 0 radical (unpaired) electrons. The fourth-order valence-electron chi connectivity index (χ4n) is 1.49. The molecule has 1 aromatic heterocycles. The lowest BCUT2D eigenvalue weighted by Gasteiger charge is -2.05. The third kappa shape index (κ3) is 2.46. The number of aromatic nitrogens is 2. The number of hydrogen-bond acceptors (Lipinski definition) is 6. The number of hydrogen-bond donors (Lipinski definition) is 1. The zero-order valence-corrected chi connectivity index (χ0v) is 9.62. The lowest BCUT2D eigenvalue weighted by atomic mass is 10.2. The molecule has 1 N–H and O–H groups in total. The van der Waals surface area contributed by atoms with E-state index in [1.54, 1.807) is 42.6 Å². The average Bonchev–Trinajstić information content (AvgIpc) is 2.47. The zero-order chi connectivity index (χ0) is 13.7. The van der Waals surface area contributed by atoms with Gasteiger partial charge in [0.25, 0.3) is 0 Å². The van der Waals surface area contributed by atoms with Gasteiger partial charge in [0.1, 0.15) is 30.2 Å². The smallest absolute Gasteiger partial charge is 0.163 e. The summed E-state index contributed by atoms with van der Waals surface area (Å²) in [6, 6.07) is 10.3. The number of allylic oxidation sites excluding steroid dienone is 2. The van der Waals surface area contributed by atoms with Gasteiger partial charge < -0.3 is 5.32 Å². The van der Waals surface area contributed by atoms with Gasteiger partial charge in [0, 0.05) is 17.3 Å². The largest absolute Gasteiger partial charge is 0.345 e. The predicted molar refractivity (Wildman–Crippen MR) is 67.0 cm³/mol. The summed E-state index contributed by atoms with van der Waals surface area (Å²) >= 11 is 0. The van der Waals surface area contributed by atoms with Crippen LogP contribution in [-0.4, -0.2) is 9.97 Å². The van der Waals surface area contributed by atoms with E-state index in [0.717, 1.165) is 10.9 Å². The maximum atomic E-state index is 8.94. The Morgan fingerprint density at radius 1 is 1.11 bits per heavy atom. The molecule has 0 bridgehead atoms. The number of nitrogens with one attached hydrogen (secondary N) is 1. The number of nitrogens with zero attached hydrogens (tertiary/aromatic N) is 5. The minimum atomic E-state index is -0.257. The minimum Gasteiger partial charge on any atom is -0.345 e. The van der Waals surface area contributed by atoms with Crippen LogP contribution < -0.4 is 5.32 Å². The van der Waals surface area contributed by atoms with Gasteiger partial charge in [-0.2, -0.15) is 15.8 Å². The lowest BCUT2D eigenvalue weighted by Crippen LogP contribution is -2.00. The van der Waals surface area contributed by atoms with E-state index in [1.807, 2.05) is 0 Å². The number of fused-ring (bicyclic) bond motifs is 1. The fraction of sp³-hybridized carbons (Fsp3) is 0. The first-order valence-electron chi connectivity index (χ1n) is 5.20. The summed E-state index contributed by atoms with van der Waals surface area (Å²) in [7, 11) is 0. The highest BCUT2D eigenvalue weighted by Gasteiger charge is 2.06. The highest BCUT2D eigenvalue weighted by atomic mass is 14.9.